The number of likely N-dealkylation sites (tertiary alicyclic amines) is 1. The number of nitrogens with one attached hydrogen (secondary N) is 1. The van der Waals surface area contributed by atoms with E-state index in [1.807, 2.05) is 20.8 Å². The molecule has 6 nitrogen and oxygen atoms in total. The number of hydrogen-bond donors (Lipinski definition) is 1. The largest absolute Gasteiger partial charge is 0.444 e. The highest BCUT2D eigenvalue weighted by Gasteiger charge is 2.37. The van der Waals surface area contributed by atoms with Crippen LogP contribution in [0.2, 0.25) is 0 Å². The molecule has 0 aliphatic carbocycles. The number of aromatic nitrogens is 1. The second-order valence-corrected chi connectivity index (χ2v) is 6.75. The molecule has 0 bridgehead atoms. The van der Waals surface area contributed by atoms with Gasteiger partial charge in [-0.25, -0.2) is 9.78 Å². The molecule has 1 aromatic rings. The highest BCUT2D eigenvalue weighted by atomic mass is 79.9. The van der Waals surface area contributed by atoms with Crippen molar-refractivity contribution in [3.8, 4) is 0 Å². The minimum absolute atomic E-state index is 0.112. The molecule has 1 N–H and O–H groups in total. The molecule has 0 spiro atoms. The molecule has 2 rings (SSSR count). The van der Waals surface area contributed by atoms with Crippen molar-refractivity contribution in [2.75, 3.05) is 18.4 Å². The van der Waals surface area contributed by atoms with E-state index in [2.05, 4.69) is 26.2 Å². The van der Waals surface area contributed by atoms with Gasteiger partial charge in [0.25, 0.3) is 0 Å². The fourth-order valence-corrected chi connectivity index (χ4v) is 2.05. The number of carbonyl (C=O) groups excluding carboxylic acids is 2. The number of ether oxygens (including phenoxy) is 1. The molecule has 0 saturated carbocycles. The zero-order valence-electron chi connectivity index (χ0n) is 12.2. The Kier molecular flexibility index (Phi) is 4.51. The Labute approximate surface area is 132 Å². The van der Waals surface area contributed by atoms with Gasteiger partial charge in [-0.1, -0.05) is 0 Å². The van der Waals surface area contributed by atoms with Gasteiger partial charge in [0.15, 0.2) is 0 Å². The molecule has 2 amide bonds. The van der Waals surface area contributed by atoms with Crippen molar-refractivity contribution in [3.05, 3.63) is 22.9 Å². The van der Waals surface area contributed by atoms with Gasteiger partial charge in [0.05, 0.1) is 17.8 Å². The molecule has 0 aromatic carbocycles. The number of nitrogens with zero attached hydrogens (tertiary/aromatic N) is 2. The summed E-state index contributed by atoms with van der Waals surface area (Å²) in [6.07, 6.45) is 1.20. The van der Waals surface area contributed by atoms with E-state index in [0.29, 0.717) is 23.4 Å². The van der Waals surface area contributed by atoms with Gasteiger partial charge in [-0.05, 0) is 48.8 Å². The molecule has 1 aliphatic heterocycles. The molecular formula is C14H18BrN3O3. The average molecular weight is 356 g/mol. The highest BCUT2D eigenvalue weighted by Crippen LogP contribution is 2.21. The molecule has 1 fully saturated rings. The maximum Gasteiger partial charge on any atom is 0.410 e. The van der Waals surface area contributed by atoms with Crippen LogP contribution in [-0.4, -0.2) is 40.6 Å². The quantitative estimate of drug-likeness (QED) is 0.827. The molecule has 2 heterocycles. The topological polar surface area (TPSA) is 71.5 Å². The lowest BCUT2D eigenvalue weighted by molar-refractivity contribution is -0.124. The summed E-state index contributed by atoms with van der Waals surface area (Å²) in [5.41, 5.74) is 0.118. The molecule has 7 heteroatoms. The smallest absolute Gasteiger partial charge is 0.410 e. The summed E-state index contributed by atoms with van der Waals surface area (Å²) in [4.78, 5) is 29.3. The van der Waals surface area contributed by atoms with Crippen LogP contribution in [0.15, 0.2) is 22.9 Å². The van der Waals surface area contributed by atoms with Crippen molar-refractivity contribution in [3.63, 3.8) is 0 Å². The van der Waals surface area contributed by atoms with Gasteiger partial charge in [-0.2, -0.15) is 0 Å². The maximum absolute atomic E-state index is 12.0. The van der Waals surface area contributed by atoms with Crippen LogP contribution in [0.3, 0.4) is 0 Å². The minimum atomic E-state index is -0.520. The lowest BCUT2D eigenvalue weighted by Gasteiger charge is -2.38. The van der Waals surface area contributed by atoms with Crippen molar-refractivity contribution in [1.82, 2.24) is 9.88 Å². The molecular weight excluding hydrogens is 338 g/mol. The van der Waals surface area contributed by atoms with Gasteiger partial charge in [0.1, 0.15) is 10.2 Å². The van der Waals surface area contributed by atoms with Crippen LogP contribution in [0.25, 0.3) is 0 Å². The molecule has 0 radical (unpaired) electrons. The fraction of sp³-hybridized carbons (Fsp3) is 0.500. The predicted octanol–water partition coefficient (Wildman–Crippen LogP) is 2.65. The molecule has 1 saturated heterocycles. The first-order valence-electron chi connectivity index (χ1n) is 6.65. The van der Waals surface area contributed by atoms with E-state index >= 15 is 0 Å². The van der Waals surface area contributed by atoms with Crippen LogP contribution >= 0.6 is 15.9 Å². The van der Waals surface area contributed by atoms with E-state index in [-0.39, 0.29) is 17.9 Å². The first-order valence-corrected chi connectivity index (χ1v) is 7.44. The van der Waals surface area contributed by atoms with Crippen LogP contribution in [0.5, 0.6) is 0 Å². The number of anilines is 1. The third-order valence-corrected chi connectivity index (χ3v) is 3.37. The number of carbonyl (C=O) groups is 2. The van der Waals surface area contributed by atoms with Gasteiger partial charge >= 0.3 is 6.09 Å². The van der Waals surface area contributed by atoms with Gasteiger partial charge in [0.2, 0.25) is 5.91 Å². The lowest BCUT2D eigenvalue weighted by atomic mass is 10.00. The standard InChI is InChI=1S/C14H18BrN3O3/c1-14(2,3)21-13(20)18-7-9(8-18)12(19)17-10-4-5-11(15)16-6-10/h4-6,9H,7-8H2,1-3H3,(H,17,19). The zero-order valence-corrected chi connectivity index (χ0v) is 13.8. The second-order valence-electron chi connectivity index (χ2n) is 5.94. The third-order valence-electron chi connectivity index (χ3n) is 2.90. The lowest BCUT2D eigenvalue weighted by Crippen LogP contribution is -2.55. The number of pyridine rings is 1. The molecule has 0 atom stereocenters. The van der Waals surface area contributed by atoms with E-state index < -0.39 is 5.60 Å². The average Bonchev–Trinajstić information content (AvgIpc) is 2.27. The van der Waals surface area contributed by atoms with Crippen molar-refractivity contribution in [1.29, 1.82) is 0 Å². The number of hydrogen-bond acceptors (Lipinski definition) is 4. The second kappa shape index (κ2) is 6.01. The van der Waals surface area contributed by atoms with Crippen LogP contribution in [0.1, 0.15) is 20.8 Å². The van der Waals surface area contributed by atoms with Crippen LogP contribution in [0, 0.1) is 5.92 Å². The molecule has 1 aromatic heterocycles. The Hall–Kier alpha value is -1.63. The fourth-order valence-electron chi connectivity index (χ4n) is 1.81. The Morgan fingerprint density at radius 2 is 2.05 bits per heavy atom. The van der Waals surface area contributed by atoms with Gasteiger partial charge in [-0.15, -0.1) is 0 Å². The number of halogens is 1. The summed E-state index contributed by atoms with van der Waals surface area (Å²) in [6, 6.07) is 3.52. The summed E-state index contributed by atoms with van der Waals surface area (Å²) < 4.78 is 5.95. The monoisotopic (exact) mass is 355 g/mol. The summed E-state index contributed by atoms with van der Waals surface area (Å²) in [5.74, 6) is -0.319. The summed E-state index contributed by atoms with van der Waals surface area (Å²) >= 11 is 3.23. The number of amides is 2. The number of rotatable bonds is 2. The molecule has 0 unspecified atom stereocenters. The van der Waals surface area contributed by atoms with Crippen molar-refractivity contribution >= 4 is 33.6 Å². The minimum Gasteiger partial charge on any atom is -0.444 e. The van der Waals surface area contributed by atoms with E-state index in [1.54, 1.807) is 18.3 Å². The molecule has 21 heavy (non-hydrogen) atoms. The Balaban J connectivity index is 1.80. The Bertz CT molecular complexity index is 533. The van der Waals surface area contributed by atoms with Crippen molar-refractivity contribution < 1.29 is 14.3 Å². The summed E-state index contributed by atoms with van der Waals surface area (Å²) in [7, 11) is 0. The highest BCUT2D eigenvalue weighted by molar-refractivity contribution is 9.10. The van der Waals surface area contributed by atoms with Gasteiger partial charge in [0, 0.05) is 13.1 Å². The van der Waals surface area contributed by atoms with E-state index in [4.69, 9.17) is 4.74 Å². The van der Waals surface area contributed by atoms with E-state index in [1.165, 1.54) is 4.90 Å². The molecule has 114 valence electrons. The normalized spacial score (nSPS) is 15.3. The Morgan fingerprint density at radius 3 is 2.57 bits per heavy atom. The maximum atomic E-state index is 12.0. The van der Waals surface area contributed by atoms with Crippen molar-refractivity contribution in [2.45, 2.75) is 26.4 Å². The van der Waals surface area contributed by atoms with Gasteiger partial charge < -0.3 is 15.0 Å². The van der Waals surface area contributed by atoms with E-state index in [9.17, 15) is 9.59 Å². The first-order chi connectivity index (χ1) is 9.74. The van der Waals surface area contributed by atoms with Gasteiger partial charge in [-0.3, -0.25) is 4.79 Å². The van der Waals surface area contributed by atoms with Crippen LogP contribution < -0.4 is 5.32 Å². The van der Waals surface area contributed by atoms with Crippen molar-refractivity contribution in [2.24, 2.45) is 5.92 Å². The Morgan fingerprint density at radius 1 is 1.38 bits per heavy atom. The molecule has 1 aliphatic rings. The first kappa shape index (κ1) is 15.8. The van der Waals surface area contributed by atoms with E-state index in [0.717, 1.165) is 0 Å². The van der Waals surface area contributed by atoms with Crippen LogP contribution in [0.4, 0.5) is 10.5 Å². The predicted molar refractivity (Wildman–Crippen MR) is 81.9 cm³/mol. The zero-order chi connectivity index (χ0) is 15.6. The summed E-state index contributed by atoms with van der Waals surface area (Å²) in [5, 5.41) is 2.78. The van der Waals surface area contributed by atoms with Crippen LogP contribution in [-0.2, 0) is 9.53 Å². The SMILES string of the molecule is CC(C)(C)OC(=O)N1CC(C(=O)Nc2ccc(Br)nc2)C1. The summed E-state index contributed by atoms with van der Waals surface area (Å²) in [6.45, 7) is 6.20. The third kappa shape index (κ3) is 4.42.